The average molecular weight is 395 g/mol. The highest BCUT2D eigenvalue weighted by Crippen LogP contribution is 2.27. The molecule has 2 rings (SSSR count). The molecule has 0 aromatic heterocycles. The Morgan fingerprint density at radius 3 is 2.52 bits per heavy atom. The van der Waals surface area contributed by atoms with Crippen molar-refractivity contribution in [3.8, 4) is 11.5 Å². The number of ether oxygens (including phenoxy) is 2. The van der Waals surface area contributed by atoms with E-state index in [1.165, 1.54) is 18.2 Å². The Kier molecular flexibility index (Phi) is 7.45. The fourth-order valence-corrected chi connectivity index (χ4v) is 2.74. The Morgan fingerprint density at radius 2 is 1.89 bits per heavy atom. The van der Waals surface area contributed by atoms with Gasteiger partial charge in [-0.1, -0.05) is 17.7 Å². The zero-order chi connectivity index (χ0) is 20.0. The van der Waals surface area contributed by atoms with E-state index in [4.69, 9.17) is 21.1 Å². The van der Waals surface area contributed by atoms with E-state index < -0.39 is 5.82 Å². The Labute approximate surface area is 164 Å². The first-order valence-corrected chi connectivity index (χ1v) is 8.90. The van der Waals surface area contributed by atoms with Crippen LogP contribution in [0.15, 0.2) is 36.4 Å². The highest BCUT2D eigenvalue weighted by atomic mass is 35.5. The molecule has 1 amide bonds. The number of benzene rings is 2. The highest BCUT2D eigenvalue weighted by molar-refractivity contribution is 6.31. The number of methoxy groups -OCH3 is 2. The number of hydrogen-bond donors (Lipinski definition) is 1. The number of carbonyl (C=O) groups is 1. The molecule has 5 nitrogen and oxygen atoms in total. The first-order valence-electron chi connectivity index (χ1n) is 8.52. The molecule has 0 radical (unpaired) electrons. The number of nitrogens with one attached hydrogen (secondary N) is 1. The molecule has 0 saturated carbocycles. The number of hydrogen-bond acceptors (Lipinski definition) is 4. The lowest BCUT2D eigenvalue weighted by Crippen LogP contribution is -2.40. The lowest BCUT2D eigenvalue weighted by atomic mass is 10.1. The predicted molar refractivity (Wildman–Crippen MR) is 105 cm³/mol. The molecular weight excluding hydrogens is 371 g/mol. The molecule has 0 unspecified atom stereocenters. The molecule has 0 aliphatic rings. The van der Waals surface area contributed by atoms with Crippen molar-refractivity contribution < 1.29 is 18.7 Å². The SMILES string of the molecule is COc1ccc(CCN(C)[C@@H](C)C(=O)Nc2ccc(F)c(Cl)c2)cc1OC. The van der Waals surface area contributed by atoms with Crippen LogP contribution in [-0.4, -0.2) is 44.7 Å². The third kappa shape index (κ3) is 5.58. The van der Waals surface area contributed by atoms with Crippen LogP contribution in [0.2, 0.25) is 5.02 Å². The summed E-state index contributed by atoms with van der Waals surface area (Å²) >= 11 is 5.75. The van der Waals surface area contributed by atoms with Gasteiger partial charge in [0.2, 0.25) is 5.91 Å². The molecule has 2 aromatic carbocycles. The van der Waals surface area contributed by atoms with Crippen molar-refractivity contribution in [2.24, 2.45) is 0 Å². The summed E-state index contributed by atoms with van der Waals surface area (Å²) in [4.78, 5) is 14.4. The van der Waals surface area contributed by atoms with Crippen molar-refractivity contribution in [3.63, 3.8) is 0 Å². The molecule has 27 heavy (non-hydrogen) atoms. The van der Waals surface area contributed by atoms with Crippen LogP contribution in [0.1, 0.15) is 12.5 Å². The summed E-state index contributed by atoms with van der Waals surface area (Å²) in [6.07, 6.45) is 0.747. The Bertz CT molecular complexity index is 801. The maximum atomic E-state index is 13.2. The van der Waals surface area contributed by atoms with Crippen molar-refractivity contribution in [3.05, 3.63) is 52.8 Å². The molecule has 2 aromatic rings. The van der Waals surface area contributed by atoms with E-state index in [2.05, 4.69) is 5.32 Å². The van der Waals surface area contributed by atoms with Gasteiger partial charge in [0.25, 0.3) is 0 Å². The maximum absolute atomic E-state index is 13.2. The molecule has 1 N–H and O–H groups in total. The molecule has 7 heteroatoms. The summed E-state index contributed by atoms with van der Waals surface area (Å²) in [6.45, 7) is 2.49. The van der Waals surface area contributed by atoms with E-state index in [-0.39, 0.29) is 17.0 Å². The minimum Gasteiger partial charge on any atom is -0.493 e. The monoisotopic (exact) mass is 394 g/mol. The lowest BCUT2D eigenvalue weighted by molar-refractivity contribution is -0.120. The fraction of sp³-hybridized carbons (Fsp3) is 0.350. The predicted octanol–water partition coefficient (Wildman–Crippen LogP) is 4.00. The van der Waals surface area contributed by atoms with E-state index in [0.29, 0.717) is 23.7 Å². The van der Waals surface area contributed by atoms with Crippen molar-refractivity contribution in [2.45, 2.75) is 19.4 Å². The van der Waals surface area contributed by atoms with Gasteiger partial charge in [0.1, 0.15) is 5.82 Å². The number of likely N-dealkylation sites (N-methyl/N-ethyl adjacent to an activating group) is 1. The van der Waals surface area contributed by atoms with E-state index in [9.17, 15) is 9.18 Å². The lowest BCUT2D eigenvalue weighted by Gasteiger charge is -2.24. The number of amides is 1. The molecule has 1 atom stereocenters. The number of rotatable bonds is 8. The van der Waals surface area contributed by atoms with Gasteiger partial charge in [0.05, 0.1) is 25.3 Å². The Morgan fingerprint density at radius 1 is 1.19 bits per heavy atom. The number of nitrogens with zero attached hydrogens (tertiary/aromatic N) is 1. The highest BCUT2D eigenvalue weighted by Gasteiger charge is 2.18. The van der Waals surface area contributed by atoms with Gasteiger partial charge in [-0.15, -0.1) is 0 Å². The minimum atomic E-state index is -0.519. The third-order valence-corrected chi connectivity index (χ3v) is 4.72. The summed E-state index contributed by atoms with van der Waals surface area (Å²) in [7, 11) is 5.07. The molecule has 0 bridgehead atoms. The topological polar surface area (TPSA) is 50.8 Å². The quantitative estimate of drug-likeness (QED) is 0.735. The molecular formula is C20H24ClFN2O3. The summed E-state index contributed by atoms with van der Waals surface area (Å²) < 4.78 is 23.8. The van der Waals surface area contributed by atoms with Crippen LogP contribution in [0.5, 0.6) is 11.5 Å². The maximum Gasteiger partial charge on any atom is 0.241 e. The second kappa shape index (κ2) is 9.58. The summed E-state index contributed by atoms with van der Waals surface area (Å²) in [5, 5.41) is 2.73. The third-order valence-electron chi connectivity index (χ3n) is 4.43. The summed E-state index contributed by atoms with van der Waals surface area (Å²) in [5.41, 5.74) is 1.55. The standard InChI is InChI=1S/C20H24ClFN2O3/c1-13(20(25)23-15-6-7-17(22)16(21)12-15)24(2)10-9-14-5-8-18(26-3)19(11-14)27-4/h5-8,11-13H,9-10H2,1-4H3,(H,23,25)/t13-/m0/s1. The Balaban J connectivity index is 1.93. The van der Waals surface area contributed by atoms with Crippen molar-refractivity contribution in [1.82, 2.24) is 4.90 Å². The van der Waals surface area contributed by atoms with Gasteiger partial charge in [-0.3, -0.25) is 9.69 Å². The number of halogens is 2. The van der Waals surface area contributed by atoms with E-state index in [0.717, 1.165) is 12.0 Å². The van der Waals surface area contributed by atoms with Gasteiger partial charge in [-0.25, -0.2) is 4.39 Å². The van der Waals surface area contributed by atoms with Gasteiger partial charge in [-0.2, -0.15) is 0 Å². The smallest absolute Gasteiger partial charge is 0.241 e. The number of anilines is 1. The van der Waals surface area contributed by atoms with Crippen LogP contribution in [0.4, 0.5) is 10.1 Å². The van der Waals surface area contributed by atoms with Gasteiger partial charge < -0.3 is 14.8 Å². The van der Waals surface area contributed by atoms with E-state index >= 15 is 0 Å². The van der Waals surface area contributed by atoms with Gasteiger partial charge in [0.15, 0.2) is 11.5 Å². The first-order chi connectivity index (χ1) is 12.8. The number of carbonyl (C=O) groups excluding carboxylic acids is 1. The van der Waals surface area contributed by atoms with Crippen LogP contribution in [-0.2, 0) is 11.2 Å². The zero-order valence-electron chi connectivity index (χ0n) is 15.9. The van der Waals surface area contributed by atoms with Crippen LogP contribution >= 0.6 is 11.6 Å². The zero-order valence-corrected chi connectivity index (χ0v) is 16.6. The van der Waals surface area contributed by atoms with Crippen molar-refractivity contribution in [2.75, 3.05) is 33.1 Å². The summed E-state index contributed by atoms with van der Waals surface area (Å²) in [5.74, 6) is 0.652. The average Bonchev–Trinajstić information content (AvgIpc) is 2.67. The molecule has 146 valence electrons. The molecule has 0 saturated heterocycles. The molecule has 0 fully saturated rings. The minimum absolute atomic E-state index is 0.0257. The van der Waals surface area contributed by atoms with Crippen LogP contribution < -0.4 is 14.8 Å². The van der Waals surface area contributed by atoms with Gasteiger partial charge in [-0.05, 0) is 56.3 Å². The van der Waals surface area contributed by atoms with E-state index in [1.807, 2.05) is 37.1 Å². The second-order valence-electron chi connectivity index (χ2n) is 6.21. The molecule has 0 heterocycles. The molecule has 0 aliphatic carbocycles. The summed E-state index contributed by atoms with van der Waals surface area (Å²) in [6, 6.07) is 9.50. The van der Waals surface area contributed by atoms with Gasteiger partial charge in [0, 0.05) is 12.2 Å². The van der Waals surface area contributed by atoms with Crippen LogP contribution in [0, 0.1) is 5.82 Å². The van der Waals surface area contributed by atoms with Crippen LogP contribution in [0.25, 0.3) is 0 Å². The molecule has 0 spiro atoms. The largest absolute Gasteiger partial charge is 0.493 e. The molecule has 0 aliphatic heterocycles. The van der Waals surface area contributed by atoms with Gasteiger partial charge >= 0.3 is 0 Å². The first kappa shape index (κ1) is 21.0. The van der Waals surface area contributed by atoms with E-state index in [1.54, 1.807) is 14.2 Å². The fourth-order valence-electron chi connectivity index (χ4n) is 2.56. The van der Waals surface area contributed by atoms with Crippen LogP contribution in [0.3, 0.4) is 0 Å². The Hall–Kier alpha value is -2.31. The van der Waals surface area contributed by atoms with Crippen molar-refractivity contribution >= 4 is 23.2 Å². The van der Waals surface area contributed by atoms with Crippen molar-refractivity contribution in [1.29, 1.82) is 0 Å². The normalized spacial score (nSPS) is 12.0. The second-order valence-corrected chi connectivity index (χ2v) is 6.62.